The molecule has 1 amide bonds. The Morgan fingerprint density at radius 3 is 2.65 bits per heavy atom. The lowest BCUT2D eigenvalue weighted by Crippen LogP contribution is -2.39. The van der Waals surface area contributed by atoms with Gasteiger partial charge in [-0.3, -0.25) is 9.59 Å². The number of fused-ring (bicyclic) bond motifs is 3. The van der Waals surface area contributed by atoms with Crippen LogP contribution in [-0.2, 0) is 13.0 Å². The van der Waals surface area contributed by atoms with Gasteiger partial charge >= 0.3 is 0 Å². The number of amides is 1. The Balaban J connectivity index is 1.78. The Bertz CT molecular complexity index is 1220. The van der Waals surface area contributed by atoms with Crippen molar-refractivity contribution in [1.29, 1.82) is 0 Å². The maximum atomic E-state index is 13.7. The zero-order chi connectivity index (χ0) is 21.5. The van der Waals surface area contributed by atoms with Crippen LogP contribution in [0.2, 0.25) is 5.02 Å². The van der Waals surface area contributed by atoms with Crippen molar-refractivity contribution in [3.63, 3.8) is 0 Å². The number of likely N-dealkylation sites (tertiary alicyclic amines) is 1. The number of rotatable bonds is 3. The standard InChI is InChI=1S/C25H23ClN2O3/c26-18-9-8-17-10-12-28-23(20(17)13-18)22(25(31)27-11-4-7-19(27)15-29)14-21(24(28)30)16-5-2-1-3-6-16/h1-3,5-6,8-9,13-14,19,29H,4,7,10-12,15H2. The van der Waals surface area contributed by atoms with Crippen molar-refractivity contribution in [2.24, 2.45) is 0 Å². The molecule has 2 aromatic carbocycles. The second-order valence-electron chi connectivity index (χ2n) is 8.17. The first-order chi connectivity index (χ1) is 15.1. The molecule has 0 saturated carbocycles. The van der Waals surface area contributed by atoms with E-state index in [1.165, 1.54) is 0 Å². The molecule has 5 rings (SSSR count). The first kappa shape index (κ1) is 20.0. The van der Waals surface area contributed by atoms with Crippen LogP contribution in [0.3, 0.4) is 0 Å². The number of pyridine rings is 1. The molecule has 6 heteroatoms. The summed E-state index contributed by atoms with van der Waals surface area (Å²) in [5, 5.41) is 10.3. The second kappa shape index (κ2) is 7.98. The highest BCUT2D eigenvalue weighted by atomic mass is 35.5. The number of aliphatic hydroxyl groups excluding tert-OH is 1. The van der Waals surface area contributed by atoms with Crippen molar-refractivity contribution in [2.45, 2.75) is 31.8 Å². The van der Waals surface area contributed by atoms with E-state index < -0.39 is 0 Å². The maximum Gasteiger partial charge on any atom is 0.258 e. The second-order valence-corrected chi connectivity index (χ2v) is 8.61. The number of aryl methyl sites for hydroxylation is 1. The predicted octanol–water partition coefficient (Wildman–Crippen LogP) is 3.99. The summed E-state index contributed by atoms with van der Waals surface area (Å²) in [7, 11) is 0. The molecule has 1 unspecified atom stereocenters. The first-order valence-corrected chi connectivity index (χ1v) is 11.0. The average molecular weight is 435 g/mol. The quantitative estimate of drug-likeness (QED) is 0.678. The van der Waals surface area contributed by atoms with Crippen molar-refractivity contribution in [1.82, 2.24) is 9.47 Å². The number of hydrogen-bond donors (Lipinski definition) is 1. The van der Waals surface area contributed by atoms with Crippen LogP contribution >= 0.6 is 11.6 Å². The van der Waals surface area contributed by atoms with Gasteiger partial charge in [-0.25, -0.2) is 0 Å². The van der Waals surface area contributed by atoms with Gasteiger partial charge in [0.15, 0.2) is 0 Å². The van der Waals surface area contributed by atoms with E-state index in [1.807, 2.05) is 48.5 Å². The molecular weight excluding hydrogens is 412 g/mol. The fourth-order valence-electron chi connectivity index (χ4n) is 4.83. The summed E-state index contributed by atoms with van der Waals surface area (Å²) in [6.45, 7) is 1.05. The van der Waals surface area contributed by atoms with Gasteiger partial charge in [0.1, 0.15) is 0 Å². The maximum absolute atomic E-state index is 13.7. The molecule has 3 aromatic rings. The molecule has 3 heterocycles. The van der Waals surface area contributed by atoms with Gasteiger partial charge in [-0.15, -0.1) is 0 Å². The average Bonchev–Trinajstić information content (AvgIpc) is 3.28. The van der Waals surface area contributed by atoms with Crippen molar-refractivity contribution in [3.05, 3.63) is 81.1 Å². The molecule has 0 radical (unpaired) electrons. The number of aliphatic hydroxyl groups is 1. The molecule has 0 spiro atoms. The van der Waals surface area contributed by atoms with Crippen LogP contribution < -0.4 is 5.56 Å². The van der Waals surface area contributed by atoms with Gasteiger partial charge in [0, 0.05) is 29.2 Å². The summed E-state index contributed by atoms with van der Waals surface area (Å²) in [5.74, 6) is -0.148. The van der Waals surface area contributed by atoms with E-state index in [4.69, 9.17) is 11.6 Å². The molecule has 2 aliphatic heterocycles. The topological polar surface area (TPSA) is 62.5 Å². The molecule has 158 valence electrons. The highest BCUT2D eigenvalue weighted by Crippen LogP contribution is 2.36. The Labute approximate surface area is 185 Å². The van der Waals surface area contributed by atoms with Gasteiger partial charge in [-0.05, 0) is 48.6 Å². The van der Waals surface area contributed by atoms with E-state index in [-0.39, 0.29) is 24.1 Å². The minimum absolute atomic E-state index is 0.0608. The van der Waals surface area contributed by atoms with Gasteiger partial charge in [-0.2, -0.15) is 0 Å². The molecule has 0 bridgehead atoms. The summed E-state index contributed by atoms with van der Waals surface area (Å²) in [6, 6.07) is 16.6. The first-order valence-electron chi connectivity index (χ1n) is 10.6. The zero-order valence-electron chi connectivity index (χ0n) is 17.1. The highest BCUT2D eigenvalue weighted by molar-refractivity contribution is 6.31. The monoisotopic (exact) mass is 434 g/mol. The molecule has 1 fully saturated rings. The zero-order valence-corrected chi connectivity index (χ0v) is 17.8. The van der Waals surface area contributed by atoms with E-state index in [0.717, 1.165) is 29.5 Å². The van der Waals surface area contributed by atoms with Gasteiger partial charge in [0.05, 0.1) is 23.9 Å². The van der Waals surface area contributed by atoms with Crippen LogP contribution in [0.25, 0.3) is 22.4 Å². The number of aromatic nitrogens is 1. The van der Waals surface area contributed by atoms with E-state index >= 15 is 0 Å². The number of hydrogen-bond acceptors (Lipinski definition) is 3. The third kappa shape index (κ3) is 3.38. The minimum atomic E-state index is -0.192. The van der Waals surface area contributed by atoms with Gasteiger partial charge in [0.2, 0.25) is 0 Å². The molecule has 1 saturated heterocycles. The number of halogens is 1. The lowest BCUT2D eigenvalue weighted by atomic mass is 9.92. The van der Waals surface area contributed by atoms with Crippen LogP contribution in [0, 0.1) is 0 Å². The summed E-state index contributed by atoms with van der Waals surface area (Å²) in [4.78, 5) is 29.0. The Morgan fingerprint density at radius 2 is 1.87 bits per heavy atom. The lowest BCUT2D eigenvalue weighted by Gasteiger charge is -2.29. The van der Waals surface area contributed by atoms with Gasteiger partial charge in [-0.1, -0.05) is 48.0 Å². The molecule has 31 heavy (non-hydrogen) atoms. The molecule has 0 aliphatic carbocycles. The van der Waals surface area contributed by atoms with Crippen LogP contribution in [-0.4, -0.2) is 39.7 Å². The van der Waals surface area contributed by atoms with Gasteiger partial charge < -0.3 is 14.6 Å². The summed E-state index contributed by atoms with van der Waals surface area (Å²) >= 11 is 6.30. The summed E-state index contributed by atoms with van der Waals surface area (Å²) in [5.41, 5.74) is 4.21. The van der Waals surface area contributed by atoms with Crippen LogP contribution in [0.15, 0.2) is 59.4 Å². The number of benzene rings is 2. The Hall–Kier alpha value is -2.89. The molecule has 1 aromatic heterocycles. The number of carbonyl (C=O) groups excluding carboxylic acids is 1. The fourth-order valence-corrected chi connectivity index (χ4v) is 5.00. The third-order valence-corrected chi connectivity index (χ3v) is 6.62. The SMILES string of the molecule is O=C(c1cc(-c2ccccc2)c(=O)n2c1-c1cc(Cl)ccc1CC2)N1CCCC1CO. The van der Waals surface area contributed by atoms with Crippen LogP contribution in [0.4, 0.5) is 0 Å². The largest absolute Gasteiger partial charge is 0.394 e. The highest BCUT2D eigenvalue weighted by Gasteiger charge is 2.33. The van der Waals surface area contributed by atoms with E-state index in [1.54, 1.807) is 15.5 Å². The van der Waals surface area contributed by atoms with Crippen LogP contribution in [0.1, 0.15) is 28.8 Å². The predicted molar refractivity (Wildman–Crippen MR) is 121 cm³/mol. The van der Waals surface area contributed by atoms with Crippen molar-refractivity contribution >= 4 is 17.5 Å². The van der Waals surface area contributed by atoms with Gasteiger partial charge in [0.25, 0.3) is 11.5 Å². The molecule has 1 N–H and O–H groups in total. The third-order valence-electron chi connectivity index (χ3n) is 6.39. The lowest BCUT2D eigenvalue weighted by molar-refractivity contribution is 0.0677. The van der Waals surface area contributed by atoms with E-state index in [9.17, 15) is 14.7 Å². The number of nitrogens with zero attached hydrogens (tertiary/aromatic N) is 2. The van der Waals surface area contributed by atoms with Crippen molar-refractivity contribution in [3.8, 4) is 22.4 Å². The fraction of sp³-hybridized carbons (Fsp3) is 0.280. The Kier molecular flexibility index (Phi) is 5.16. The minimum Gasteiger partial charge on any atom is -0.394 e. The molecular formula is C25H23ClN2O3. The van der Waals surface area contributed by atoms with Crippen LogP contribution in [0.5, 0.6) is 0 Å². The van der Waals surface area contributed by atoms with E-state index in [2.05, 4.69) is 0 Å². The summed E-state index contributed by atoms with van der Waals surface area (Å²) in [6.07, 6.45) is 2.35. The van der Waals surface area contributed by atoms with Crippen molar-refractivity contribution in [2.75, 3.05) is 13.2 Å². The Morgan fingerprint density at radius 1 is 1.06 bits per heavy atom. The molecule has 5 nitrogen and oxygen atoms in total. The van der Waals surface area contributed by atoms with Crippen molar-refractivity contribution < 1.29 is 9.90 Å². The summed E-state index contributed by atoms with van der Waals surface area (Å²) < 4.78 is 1.72. The van der Waals surface area contributed by atoms with E-state index in [0.29, 0.717) is 41.4 Å². The molecule has 1 atom stereocenters. The molecule has 2 aliphatic rings. The normalized spacial score (nSPS) is 17.4. The number of carbonyl (C=O) groups is 1. The smallest absolute Gasteiger partial charge is 0.258 e.